The number of aromatic amines is 1. The van der Waals surface area contributed by atoms with Crippen LogP contribution in [0.25, 0.3) is 17.3 Å². The Balaban J connectivity index is 1.70. The van der Waals surface area contributed by atoms with Gasteiger partial charge in [-0.05, 0) is 25.5 Å². The van der Waals surface area contributed by atoms with E-state index in [2.05, 4.69) is 15.2 Å². The van der Waals surface area contributed by atoms with Gasteiger partial charge in [0.25, 0.3) is 5.56 Å². The van der Waals surface area contributed by atoms with E-state index in [0.717, 1.165) is 22.4 Å². The van der Waals surface area contributed by atoms with Crippen LogP contribution in [0.5, 0.6) is 0 Å². The van der Waals surface area contributed by atoms with Crippen molar-refractivity contribution in [3.63, 3.8) is 0 Å². The number of fused-ring (bicyclic) bond motifs is 1. The number of rotatable bonds is 5. The monoisotopic (exact) mass is 470 g/mol. The number of allylic oxidation sites excluding steroid dienone is 1. The lowest BCUT2D eigenvalue weighted by atomic mass is 9.96. The molecule has 1 N–H and O–H groups in total. The molecule has 170 valence electrons. The molecule has 1 aliphatic rings. The van der Waals surface area contributed by atoms with Crippen LogP contribution >= 0.6 is 11.3 Å². The molecule has 8 heteroatoms. The Morgan fingerprint density at radius 1 is 1.15 bits per heavy atom. The van der Waals surface area contributed by atoms with Crippen molar-refractivity contribution in [1.29, 1.82) is 0 Å². The number of benzene rings is 2. The molecule has 0 saturated carbocycles. The Kier molecular flexibility index (Phi) is 5.81. The van der Waals surface area contributed by atoms with Crippen molar-refractivity contribution >= 4 is 23.4 Å². The van der Waals surface area contributed by atoms with E-state index in [1.807, 2.05) is 66.7 Å². The zero-order valence-electron chi connectivity index (χ0n) is 18.7. The van der Waals surface area contributed by atoms with Crippen LogP contribution in [0.4, 0.5) is 0 Å². The predicted molar refractivity (Wildman–Crippen MR) is 131 cm³/mol. The normalized spacial score (nSPS) is 15.7. The molecule has 0 saturated heterocycles. The number of nitrogens with one attached hydrogen (secondary N) is 1. The summed E-state index contributed by atoms with van der Waals surface area (Å²) < 4.78 is 7.43. The topological polar surface area (TPSA) is 89.3 Å². The third kappa shape index (κ3) is 3.82. The number of esters is 1. The molecule has 4 aromatic rings. The summed E-state index contributed by atoms with van der Waals surface area (Å²) in [6.07, 6.45) is 3.52. The Morgan fingerprint density at radius 2 is 1.85 bits per heavy atom. The largest absolute Gasteiger partial charge is 0.463 e. The van der Waals surface area contributed by atoms with Gasteiger partial charge in [-0.15, -0.1) is 0 Å². The van der Waals surface area contributed by atoms with Crippen LogP contribution < -0.4 is 14.9 Å². The Bertz CT molecular complexity index is 1560. The molecule has 34 heavy (non-hydrogen) atoms. The molecule has 0 amide bonds. The first-order valence-electron chi connectivity index (χ1n) is 10.9. The second kappa shape index (κ2) is 9.07. The second-order valence-corrected chi connectivity index (χ2v) is 8.79. The van der Waals surface area contributed by atoms with Crippen molar-refractivity contribution < 1.29 is 9.53 Å². The molecule has 0 bridgehead atoms. The molecule has 1 atom stereocenters. The van der Waals surface area contributed by atoms with Gasteiger partial charge in [0, 0.05) is 11.1 Å². The summed E-state index contributed by atoms with van der Waals surface area (Å²) >= 11 is 1.29. The number of carbonyl (C=O) groups is 1. The summed E-state index contributed by atoms with van der Waals surface area (Å²) in [5.74, 6) is -0.465. The smallest absolute Gasteiger partial charge is 0.338 e. The molecular formula is C26H22N4O3S. The Morgan fingerprint density at radius 3 is 2.56 bits per heavy atom. The van der Waals surface area contributed by atoms with Gasteiger partial charge in [-0.3, -0.25) is 14.5 Å². The second-order valence-electron chi connectivity index (χ2n) is 7.78. The summed E-state index contributed by atoms with van der Waals surface area (Å²) in [5.41, 5.74) is 4.13. The zero-order chi connectivity index (χ0) is 23.7. The van der Waals surface area contributed by atoms with Crippen molar-refractivity contribution in [3.05, 3.63) is 109 Å². The van der Waals surface area contributed by atoms with Gasteiger partial charge in [0.15, 0.2) is 4.80 Å². The standard InChI is InChI=1S/C26H22N4O3S/c1-3-33-25(32)21-16(2)28-26-30(23(21)18-12-8-5-9-13-18)24(31)20(34-26)14-19-15-27-29-22(19)17-10-6-4-7-11-17/h4-15,23H,3H2,1-2H3,(H,27,29)/b20-14-/t23-/m1/s1. The van der Waals surface area contributed by atoms with E-state index in [9.17, 15) is 9.59 Å². The highest BCUT2D eigenvalue weighted by atomic mass is 32.1. The molecule has 0 unspecified atom stereocenters. The third-order valence-corrected chi connectivity index (χ3v) is 6.63. The van der Waals surface area contributed by atoms with Crippen LogP contribution in [0.1, 0.15) is 31.0 Å². The number of carbonyl (C=O) groups excluding carboxylic acids is 1. The fourth-order valence-corrected chi connectivity index (χ4v) is 5.16. The zero-order valence-corrected chi connectivity index (χ0v) is 19.5. The first kappa shape index (κ1) is 21.8. The summed E-state index contributed by atoms with van der Waals surface area (Å²) in [5, 5.41) is 7.21. The average Bonchev–Trinajstić information content (AvgIpc) is 3.44. The molecule has 5 rings (SSSR count). The van der Waals surface area contributed by atoms with Crippen LogP contribution in [-0.2, 0) is 9.53 Å². The summed E-state index contributed by atoms with van der Waals surface area (Å²) in [4.78, 5) is 31.7. The molecule has 2 aromatic heterocycles. The highest BCUT2D eigenvalue weighted by Crippen LogP contribution is 2.30. The molecule has 1 aliphatic heterocycles. The van der Waals surface area contributed by atoms with Crippen molar-refractivity contribution in [3.8, 4) is 11.3 Å². The van der Waals surface area contributed by atoms with Crippen LogP contribution in [0.2, 0.25) is 0 Å². The molecule has 0 spiro atoms. The number of thiazole rings is 1. The SMILES string of the molecule is CCOC(=O)C1=C(C)N=c2s/c(=C\c3cn[nH]c3-c3ccccc3)c(=O)n2[C@@H]1c1ccccc1. The number of nitrogens with zero attached hydrogens (tertiary/aromatic N) is 3. The Labute approximate surface area is 199 Å². The van der Waals surface area contributed by atoms with Crippen molar-refractivity contribution in [2.24, 2.45) is 4.99 Å². The lowest BCUT2D eigenvalue weighted by Crippen LogP contribution is -2.39. The van der Waals surface area contributed by atoms with E-state index in [-0.39, 0.29) is 12.2 Å². The molecular weight excluding hydrogens is 448 g/mol. The number of hydrogen-bond acceptors (Lipinski definition) is 6. The van der Waals surface area contributed by atoms with E-state index < -0.39 is 12.0 Å². The molecule has 0 fully saturated rings. The van der Waals surface area contributed by atoms with Crippen molar-refractivity contribution in [2.45, 2.75) is 19.9 Å². The van der Waals surface area contributed by atoms with Gasteiger partial charge >= 0.3 is 5.97 Å². The maximum absolute atomic E-state index is 13.7. The van der Waals surface area contributed by atoms with Crippen LogP contribution in [0.15, 0.2) is 87.9 Å². The minimum Gasteiger partial charge on any atom is -0.463 e. The number of ether oxygens (including phenoxy) is 1. The third-order valence-electron chi connectivity index (χ3n) is 5.65. The molecule has 2 aromatic carbocycles. The van der Waals surface area contributed by atoms with Gasteiger partial charge in [-0.25, -0.2) is 9.79 Å². The lowest BCUT2D eigenvalue weighted by Gasteiger charge is -2.24. The van der Waals surface area contributed by atoms with Gasteiger partial charge in [0.2, 0.25) is 0 Å². The number of aromatic nitrogens is 3. The minimum absolute atomic E-state index is 0.216. The first-order valence-corrected chi connectivity index (χ1v) is 11.7. The van der Waals surface area contributed by atoms with Crippen LogP contribution in [0, 0.1) is 0 Å². The number of hydrogen-bond donors (Lipinski definition) is 1. The molecule has 0 aliphatic carbocycles. The lowest BCUT2D eigenvalue weighted by molar-refractivity contribution is -0.139. The highest BCUT2D eigenvalue weighted by molar-refractivity contribution is 7.07. The highest BCUT2D eigenvalue weighted by Gasteiger charge is 2.33. The quantitative estimate of drug-likeness (QED) is 0.454. The summed E-state index contributed by atoms with van der Waals surface area (Å²) in [7, 11) is 0. The number of H-pyrrole nitrogens is 1. The van der Waals surface area contributed by atoms with Gasteiger partial charge < -0.3 is 4.74 Å². The molecule has 3 heterocycles. The minimum atomic E-state index is -0.614. The molecule has 7 nitrogen and oxygen atoms in total. The average molecular weight is 471 g/mol. The summed E-state index contributed by atoms with van der Waals surface area (Å²) in [6, 6.07) is 18.7. The van der Waals surface area contributed by atoms with E-state index >= 15 is 0 Å². The van der Waals surface area contributed by atoms with E-state index in [1.165, 1.54) is 11.3 Å². The predicted octanol–water partition coefficient (Wildman–Crippen LogP) is 3.19. The van der Waals surface area contributed by atoms with Gasteiger partial charge in [-0.2, -0.15) is 5.10 Å². The Hall–Kier alpha value is -4.04. The van der Waals surface area contributed by atoms with Gasteiger partial charge in [0.1, 0.15) is 0 Å². The summed E-state index contributed by atoms with van der Waals surface area (Å²) in [6.45, 7) is 3.78. The van der Waals surface area contributed by atoms with Gasteiger partial charge in [0.05, 0.1) is 40.3 Å². The maximum atomic E-state index is 13.7. The molecule has 0 radical (unpaired) electrons. The van der Waals surface area contributed by atoms with E-state index in [4.69, 9.17) is 4.74 Å². The van der Waals surface area contributed by atoms with Crippen LogP contribution in [-0.4, -0.2) is 27.3 Å². The fraction of sp³-hybridized carbons (Fsp3) is 0.154. The van der Waals surface area contributed by atoms with Gasteiger partial charge in [-0.1, -0.05) is 72.0 Å². The fourth-order valence-electron chi connectivity index (χ4n) is 4.12. The van der Waals surface area contributed by atoms with Crippen molar-refractivity contribution in [1.82, 2.24) is 14.8 Å². The van der Waals surface area contributed by atoms with E-state index in [0.29, 0.717) is 20.6 Å². The first-order chi connectivity index (χ1) is 16.6. The van der Waals surface area contributed by atoms with Crippen LogP contribution in [0.3, 0.4) is 0 Å². The van der Waals surface area contributed by atoms with E-state index in [1.54, 1.807) is 24.6 Å². The maximum Gasteiger partial charge on any atom is 0.338 e. The van der Waals surface area contributed by atoms with Crippen molar-refractivity contribution in [2.75, 3.05) is 6.61 Å².